The number of nitrogens with zero attached hydrogens (tertiary/aromatic N) is 2. The molecule has 2 aromatic heterocycles. The maximum atomic E-state index is 12.3. The van der Waals surface area contributed by atoms with Crippen molar-refractivity contribution in [1.29, 1.82) is 0 Å². The molecule has 7 heteroatoms. The number of hydrogen-bond donors (Lipinski definition) is 1. The number of fused-ring (bicyclic) bond motifs is 2. The standard InChI is InChI=1S/C18H17N3O3S/c22-16(10-13-11-21-7-8-25-17(21)20-13)19-12-3-4-14-15(9-12)24-18(23-14)5-1-2-6-18/h3-4,7-9,11H,1-2,5-6,10H2,(H,19,22). The fraction of sp³-hybridized carbons (Fsp3) is 0.333. The number of ether oxygens (including phenoxy) is 2. The smallest absolute Gasteiger partial charge is 0.251 e. The molecule has 1 aliphatic carbocycles. The van der Waals surface area contributed by atoms with Gasteiger partial charge in [0.05, 0.1) is 12.1 Å². The monoisotopic (exact) mass is 355 g/mol. The minimum absolute atomic E-state index is 0.0970. The number of imidazole rings is 1. The number of nitrogens with one attached hydrogen (secondary N) is 1. The largest absolute Gasteiger partial charge is 0.448 e. The molecule has 0 saturated heterocycles. The van der Waals surface area contributed by atoms with E-state index in [-0.39, 0.29) is 12.3 Å². The molecule has 6 nitrogen and oxygen atoms in total. The molecule has 25 heavy (non-hydrogen) atoms. The first kappa shape index (κ1) is 14.8. The molecule has 0 atom stereocenters. The molecule has 3 aromatic rings. The van der Waals surface area contributed by atoms with Gasteiger partial charge in [0.15, 0.2) is 16.5 Å². The normalized spacial score (nSPS) is 17.4. The van der Waals surface area contributed by atoms with Crippen LogP contribution in [0.1, 0.15) is 31.4 Å². The molecule has 5 rings (SSSR count). The highest BCUT2D eigenvalue weighted by atomic mass is 32.1. The van der Waals surface area contributed by atoms with Crippen molar-refractivity contribution >= 4 is 27.9 Å². The van der Waals surface area contributed by atoms with E-state index in [0.29, 0.717) is 11.4 Å². The Kier molecular flexibility index (Phi) is 3.24. The van der Waals surface area contributed by atoms with Crippen molar-refractivity contribution in [1.82, 2.24) is 9.38 Å². The molecule has 1 amide bonds. The number of carbonyl (C=O) groups excluding carboxylic acids is 1. The summed E-state index contributed by atoms with van der Waals surface area (Å²) in [6, 6.07) is 5.55. The molecule has 0 unspecified atom stereocenters. The first-order valence-corrected chi connectivity index (χ1v) is 9.30. The van der Waals surface area contributed by atoms with Gasteiger partial charge in [-0.2, -0.15) is 0 Å². The van der Waals surface area contributed by atoms with Crippen molar-refractivity contribution in [2.75, 3.05) is 5.32 Å². The average Bonchev–Trinajstić information content (AvgIpc) is 3.31. The third kappa shape index (κ3) is 2.64. The van der Waals surface area contributed by atoms with Crippen LogP contribution in [0.15, 0.2) is 36.0 Å². The van der Waals surface area contributed by atoms with Crippen LogP contribution >= 0.6 is 11.3 Å². The number of carbonyl (C=O) groups is 1. The summed E-state index contributed by atoms with van der Waals surface area (Å²) in [5, 5.41) is 4.88. The summed E-state index contributed by atoms with van der Waals surface area (Å²) in [6.07, 6.45) is 8.15. The summed E-state index contributed by atoms with van der Waals surface area (Å²) in [6.45, 7) is 0. The SMILES string of the molecule is O=C(Cc1cn2ccsc2n1)Nc1ccc2c(c1)OC1(CCCC1)O2. The third-order valence-electron chi connectivity index (χ3n) is 4.67. The van der Waals surface area contributed by atoms with Gasteiger partial charge in [-0.25, -0.2) is 4.98 Å². The molecule has 1 N–H and O–H groups in total. The minimum Gasteiger partial charge on any atom is -0.448 e. The van der Waals surface area contributed by atoms with Crippen LogP contribution < -0.4 is 14.8 Å². The van der Waals surface area contributed by atoms with Crippen LogP contribution in [0.4, 0.5) is 5.69 Å². The fourth-order valence-corrected chi connectivity index (χ4v) is 4.24. The van der Waals surface area contributed by atoms with Gasteiger partial charge in [0.25, 0.3) is 5.79 Å². The molecule has 1 aromatic carbocycles. The molecule has 3 heterocycles. The van der Waals surface area contributed by atoms with Crippen LogP contribution in [0.2, 0.25) is 0 Å². The van der Waals surface area contributed by atoms with Gasteiger partial charge in [-0.3, -0.25) is 9.20 Å². The zero-order chi connectivity index (χ0) is 16.9. The number of hydrogen-bond acceptors (Lipinski definition) is 5. The van der Waals surface area contributed by atoms with E-state index in [9.17, 15) is 4.79 Å². The van der Waals surface area contributed by atoms with E-state index in [2.05, 4.69) is 10.3 Å². The number of aromatic nitrogens is 2. The zero-order valence-electron chi connectivity index (χ0n) is 13.5. The van der Waals surface area contributed by atoms with Crippen LogP contribution in [0.3, 0.4) is 0 Å². The van der Waals surface area contributed by atoms with Gasteiger partial charge in [-0.1, -0.05) is 0 Å². The molecular weight excluding hydrogens is 338 g/mol. The van der Waals surface area contributed by atoms with Gasteiger partial charge in [-0.15, -0.1) is 11.3 Å². The summed E-state index contributed by atoms with van der Waals surface area (Å²) >= 11 is 1.55. The lowest BCUT2D eigenvalue weighted by Gasteiger charge is -2.21. The fourth-order valence-electron chi connectivity index (χ4n) is 3.52. The molecular formula is C18H17N3O3S. The van der Waals surface area contributed by atoms with Gasteiger partial charge >= 0.3 is 0 Å². The first-order chi connectivity index (χ1) is 12.2. The maximum absolute atomic E-state index is 12.3. The second-order valence-corrected chi connectivity index (χ2v) is 7.41. The van der Waals surface area contributed by atoms with Crippen molar-refractivity contribution in [3.63, 3.8) is 0 Å². The average molecular weight is 355 g/mol. The molecule has 1 saturated carbocycles. The van der Waals surface area contributed by atoms with E-state index >= 15 is 0 Å². The highest BCUT2D eigenvalue weighted by molar-refractivity contribution is 7.15. The van der Waals surface area contributed by atoms with Gasteiger partial charge < -0.3 is 14.8 Å². The summed E-state index contributed by atoms with van der Waals surface area (Å²) in [5.41, 5.74) is 1.47. The topological polar surface area (TPSA) is 64.9 Å². The lowest BCUT2D eigenvalue weighted by molar-refractivity contribution is -0.115. The van der Waals surface area contributed by atoms with E-state index in [0.717, 1.165) is 42.1 Å². The van der Waals surface area contributed by atoms with E-state index in [1.54, 1.807) is 11.3 Å². The molecule has 2 aliphatic rings. The number of thiazole rings is 1. The predicted molar refractivity (Wildman–Crippen MR) is 94.3 cm³/mol. The van der Waals surface area contributed by atoms with Gasteiger partial charge in [-0.05, 0) is 25.0 Å². The summed E-state index contributed by atoms with van der Waals surface area (Å²) in [5.74, 6) is 0.893. The Labute approximate surface area is 148 Å². The second-order valence-electron chi connectivity index (χ2n) is 6.53. The number of benzene rings is 1. The van der Waals surface area contributed by atoms with Gasteiger partial charge in [0.2, 0.25) is 5.91 Å². The lowest BCUT2D eigenvalue weighted by Crippen LogP contribution is -2.34. The van der Waals surface area contributed by atoms with Crippen molar-refractivity contribution in [3.8, 4) is 11.5 Å². The molecule has 0 bridgehead atoms. The molecule has 128 valence electrons. The quantitative estimate of drug-likeness (QED) is 0.779. The Morgan fingerprint density at radius 3 is 2.96 bits per heavy atom. The number of rotatable bonds is 3. The highest BCUT2D eigenvalue weighted by Crippen LogP contribution is 2.47. The zero-order valence-corrected chi connectivity index (χ0v) is 14.3. The van der Waals surface area contributed by atoms with Crippen molar-refractivity contribution in [2.45, 2.75) is 37.9 Å². The summed E-state index contributed by atoms with van der Waals surface area (Å²) < 4.78 is 14.0. The first-order valence-electron chi connectivity index (χ1n) is 8.42. The predicted octanol–water partition coefficient (Wildman–Crippen LogP) is 3.62. The van der Waals surface area contributed by atoms with Gasteiger partial charge in [0, 0.05) is 42.4 Å². The van der Waals surface area contributed by atoms with Crippen LogP contribution in [-0.2, 0) is 11.2 Å². The van der Waals surface area contributed by atoms with Crippen LogP contribution in [0, 0.1) is 0 Å². The molecule has 0 radical (unpaired) electrons. The number of anilines is 1. The Bertz CT molecular complexity index is 927. The Hall–Kier alpha value is -2.54. The van der Waals surface area contributed by atoms with Gasteiger partial charge in [0.1, 0.15) is 0 Å². The number of amides is 1. The lowest BCUT2D eigenvalue weighted by atomic mass is 10.2. The molecule has 1 fully saturated rings. The Balaban J connectivity index is 1.28. The second kappa shape index (κ2) is 5.49. The van der Waals surface area contributed by atoms with Crippen LogP contribution in [-0.4, -0.2) is 21.1 Å². The van der Waals surface area contributed by atoms with Crippen LogP contribution in [0.5, 0.6) is 11.5 Å². The Morgan fingerprint density at radius 1 is 1.28 bits per heavy atom. The van der Waals surface area contributed by atoms with Crippen molar-refractivity contribution in [2.24, 2.45) is 0 Å². The summed E-state index contributed by atoms with van der Waals surface area (Å²) in [4.78, 5) is 17.6. The Morgan fingerprint density at radius 2 is 2.12 bits per heavy atom. The molecule has 1 spiro atoms. The van der Waals surface area contributed by atoms with Crippen LogP contribution in [0.25, 0.3) is 4.96 Å². The van der Waals surface area contributed by atoms with Crippen molar-refractivity contribution in [3.05, 3.63) is 41.7 Å². The highest BCUT2D eigenvalue weighted by Gasteiger charge is 2.44. The van der Waals surface area contributed by atoms with E-state index in [1.165, 1.54) is 0 Å². The van der Waals surface area contributed by atoms with E-state index in [4.69, 9.17) is 9.47 Å². The maximum Gasteiger partial charge on any atom is 0.251 e. The van der Waals surface area contributed by atoms with E-state index in [1.807, 2.05) is 40.4 Å². The summed E-state index contributed by atoms with van der Waals surface area (Å²) in [7, 11) is 0. The van der Waals surface area contributed by atoms with E-state index < -0.39 is 5.79 Å². The third-order valence-corrected chi connectivity index (χ3v) is 5.44. The minimum atomic E-state index is -0.479. The molecule has 1 aliphatic heterocycles. The van der Waals surface area contributed by atoms with Crippen molar-refractivity contribution < 1.29 is 14.3 Å².